The zero-order chi connectivity index (χ0) is 10.7. The predicted molar refractivity (Wildman–Crippen MR) is 61.0 cm³/mol. The highest BCUT2D eigenvalue weighted by molar-refractivity contribution is 7.85. The van der Waals surface area contributed by atoms with Crippen molar-refractivity contribution >= 4 is 10.8 Å². The summed E-state index contributed by atoms with van der Waals surface area (Å²) in [5.41, 5.74) is 1.18. The van der Waals surface area contributed by atoms with Gasteiger partial charge in [0.25, 0.3) is 0 Å². The van der Waals surface area contributed by atoms with Crippen molar-refractivity contribution in [3.05, 3.63) is 18.0 Å². The zero-order valence-electron chi connectivity index (χ0n) is 8.90. The third-order valence-electron chi connectivity index (χ3n) is 2.89. The maximum atomic E-state index is 11.2. The molecular weight excluding hydrogens is 210 g/mol. The average Bonchev–Trinajstić information content (AvgIpc) is 2.74. The van der Waals surface area contributed by atoms with E-state index < -0.39 is 10.8 Å². The largest absolute Gasteiger partial charge is 0.307 e. The number of aromatic amines is 1. The summed E-state index contributed by atoms with van der Waals surface area (Å²) in [7, 11) is -0.571. The number of hydrogen-bond acceptors (Lipinski definition) is 3. The molecule has 0 aliphatic carbocycles. The first-order valence-corrected chi connectivity index (χ1v) is 6.84. The van der Waals surface area contributed by atoms with Gasteiger partial charge in [-0.2, -0.15) is 5.10 Å². The fourth-order valence-electron chi connectivity index (χ4n) is 1.91. The second kappa shape index (κ2) is 4.90. The van der Waals surface area contributed by atoms with Gasteiger partial charge in [-0.25, -0.2) is 0 Å². The minimum Gasteiger partial charge on any atom is -0.307 e. The monoisotopic (exact) mass is 227 g/mol. The van der Waals surface area contributed by atoms with Gasteiger partial charge in [-0.05, 0) is 19.8 Å². The van der Waals surface area contributed by atoms with Gasteiger partial charge in [0.15, 0.2) is 0 Å². The summed E-state index contributed by atoms with van der Waals surface area (Å²) in [5, 5.41) is 10.3. The van der Waals surface area contributed by atoms with E-state index in [2.05, 4.69) is 22.4 Å². The first kappa shape index (κ1) is 10.8. The molecule has 1 aromatic rings. The van der Waals surface area contributed by atoms with E-state index in [0.717, 1.165) is 24.3 Å². The molecule has 5 heteroatoms. The summed E-state index contributed by atoms with van der Waals surface area (Å²) in [6, 6.07) is 0.827. The van der Waals surface area contributed by atoms with E-state index in [1.165, 1.54) is 5.56 Å². The molecule has 0 amide bonds. The zero-order valence-corrected chi connectivity index (χ0v) is 9.72. The minimum atomic E-state index is -0.571. The predicted octanol–water partition coefficient (Wildman–Crippen LogP) is 0.971. The molecule has 0 spiro atoms. The number of rotatable bonds is 3. The molecule has 0 saturated carbocycles. The number of nitrogens with zero attached hydrogens (tertiary/aromatic N) is 1. The van der Waals surface area contributed by atoms with E-state index in [9.17, 15) is 4.21 Å². The van der Waals surface area contributed by atoms with Crippen LogP contribution in [0.4, 0.5) is 0 Å². The summed E-state index contributed by atoms with van der Waals surface area (Å²) in [6.07, 6.45) is 5.81. The molecule has 1 unspecified atom stereocenters. The number of aromatic nitrogens is 2. The quantitative estimate of drug-likeness (QED) is 0.809. The van der Waals surface area contributed by atoms with Crippen LogP contribution in [0.25, 0.3) is 0 Å². The Bertz CT molecular complexity index is 315. The molecule has 1 aliphatic rings. The lowest BCUT2D eigenvalue weighted by atomic mass is 10.1. The lowest BCUT2D eigenvalue weighted by Gasteiger charge is -2.25. The summed E-state index contributed by atoms with van der Waals surface area (Å²) >= 11 is 0. The lowest BCUT2D eigenvalue weighted by molar-refractivity contribution is 0.427. The van der Waals surface area contributed by atoms with Crippen LogP contribution >= 0.6 is 0 Å². The van der Waals surface area contributed by atoms with E-state index >= 15 is 0 Å². The van der Waals surface area contributed by atoms with Crippen LogP contribution in [-0.2, 0) is 10.8 Å². The molecule has 0 bridgehead atoms. The van der Waals surface area contributed by atoms with Gasteiger partial charge in [0.05, 0.1) is 6.20 Å². The molecule has 4 nitrogen and oxygen atoms in total. The molecule has 15 heavy (non-hydrogen) atoms. The van der Waals surface area contributed by atoms with Crippen LogP contribution < -0.4 is 5.32 Å². The summed E-state index contributed by atoms with van der Waals surface area (Å²) in [5.74, 6) is 1.69. The van der Waals surface area contributed by atoms with Crippen LogP contribution in [0.5, 0.6) is 0 Å². The maximum Gasteiger partial charge on any atom is 0.0534 e. The third-order valence-corrected chi connectivity index (χ3v) is 4.28. The molecule has 1 aromatic heterocycles. The Labute approximate surface area is 92.3 Å². The van der Waals surface area contributed by atoms with Crippen LogP contribution in [0.15, 0.2) is 12.4 Å². The Morgan fingerprint density at radius 2 is 2.33 bits per heavy atom. The average molecular weight is 227 g/mol. The van der Waals surface area contributed by atoms with Crippen molar-refractivity contribution < 1.29 is 4.21 Å². The Balaban J connectivity index is 1.84. The molecule has 84 valence electrons. The van der Waals surface area contributed by atoms with Crippen LogP contribution in [0, 0.1) is 0 Å². The van der Waals surface area contributed by atoms with E-state index in [-0.39, 0.29) is 0 Å². The molecule has 1 saturated heterocycles. The van der Waals surface area contributed by atoms with E-state index in [0.29, 0.717) is 12.1 Å². The Hall–Kier alpha value is -0.680. The highest BCUT2D eigenvalue weighted by atomic mass is 32.2. The molecule has 0 radical (unpaired) electrons. The van der Waals surface area contributed by atoms with E-state index in [1.807, 2.05) is 12.4 Å². The number of nitrogens with one attached hydrogen (secondary N) is 2. The van der Waals surface area contributed by atoms with Crippen LogP contribution in [0.1, 0.15) is 31.4 Å². The summed E-state index contributed by atoms with van der Waals surface area (Å²) in [4.78, 5) is 0. The van der Waals surface area contributed by atoms with Gasteiger partial charge in [-0.15, -0.1) is 0 Å². The second-order valence-electron chi connectivity index (χ2n) is 4.04. The topological polar surface area (TPSA) is 57.8 Å². The summed E-state index contributed by atoms with van der Waals surface area (Å²) in [6.45, 7) is 2.14. The van der Waals surface area contributed by atoms with Gasteiger partial charge in [0.1, 0.15) is 0 Å². The third kappa shape index (κ3) is 2.89. The first-order valence-electron chi connectivity index (χ1n) is 5.35. The molecule has 0 aromatic carbocycles. The Kier molecular flexibility index (Phi) is 3.53. The fraction of sp³-hybridized carbons (Fsp3) is 0.700. The van der Waals surface area contributed by atoms with Crippen molar-refractivity contribution in [1.82, 2.24) is 15.5 Å². The molecule has 2 rings (SSSR count). The van der Waals surface area contributed by atoms with Crippen molar-refractivity contribution in [3.63, 3.8) is 0 Å². The first-order chi connectivity index (χ1) is 7.25. The number of hydrogen-bond donors (Lipinski definition) is 2. The standard InChI is InChI=1S/C10H17N3OS/c1-8(9-6-11-12-7-9)13-10-2-4-15(14)5-3-10/h6-8,10,13H,2-5H2,1H3,(H,11,12). The van der Waals surface area contributed by atoms with Crippen LogP contribution in [0.2, 0.25) is 0 Å². The Morgan fingerprint density at radius 3 is 2.93 bits per heavy atom. The van der Waals surface area contributed by atoms with Crippen molar-refractivity contribution in [2.75, 3.05) is 11.5 Å². The van der Waals surface area contributed by atoms with Gasteiger partial charge in [0.2, 0.25) is 0 Å². The fourth-order valence-corrected chi connectivity index (χ4v) is 3.21. The Morgan fingerprint density at radius 1 is 1.60 bits per heavy atom. The van der Waals surface area contributed by atoms with Gasteiger partial charge in [-0.1, -0.05) is 0 Å². The van der Waals surface area contributed by atoms with Gasteiger partial charge in [-0.3, -0.25) is 9.31 Å². The van der Waals surface area contributed by atoms with Crippen molar-refractivity contribution in [2.24, 2.45) is 0 Å². The van der Waals surface area contributed by atoms with Gasteiger partial charge in [0, 0.05) is 46.1 Å². The van der Waals surface area contributed by atoms with Crippen molar-refractivity contribution in [1.29, 1.82) is 0 Å². The molecule has 2 N–H and O–H groups in total. The minimum absolute atomic E-state index is 0.320. The van der Waals surface area contributed by atoms with Crippen molar-refractivity contribution in [2.45, 2.75) is 31.8 Å². The highest BCUT2D eigenvalue weighted by Crippen LogP contribution is 2.15. The number of H-pyrrole nitrogens is 1. The van der Waals surface area contributed by atoms with Crippen LogP contribution in [0.3, 0.4) is 0 Å². The second-order valence-corrected chi connectivity index (χ2v) is 5.74. The highest BCUT2D eigenvalue weighted by Gasteiger charge is 2.19. The molecular formula is C10H17N3OS. The van der Waals surface area contributed by atoms with Gasteiger partial charge < -0.3 is 5.32 Å². The summed E-state index contributed by atoms with van der Waals surface area (Å²) < 4.78 is 11.2. The maximum absolute atomic E-state index is 11.2. The van der Waals surface area contributed by atoms with Crippen molar-refractivity contribution in [3.8, 4) is 0 Å². The SMILES string of the molecule is CC(NC1CCS(=O)CC1)c1cn[nH]c1. The smallest absolute Gasteiger partial charge is 0.0534 e. The molecule has 1 atom stereocenters. The van der Waals surface area contributed by atoms with E-state index in [4.69, 9.17) is 0 Å². The molecule has 2 heterocycles. The normalized spacial score (nSPS) is 28.9. The lowest BCUT2D eigenvalue weighted by Crippen LogP contribution is -2.37. The molecule has 1 aliphatic heterocycles. The van der Waals surface area contributed by atoms with Gasteiger partial charge >= 0.3 is 0 Å². The molecule has 1 fully saturated rings. The van der Waals surface area contributed by atoms with E-state index in [1.54, 1.807) is 0 Å². The van der Waals surface area contributed by atoms with Crippen LogP contribution in [-0.4, -0.2) is 32.0 Å².